The molecule has 3 aromatic rings. The molecule has 3 rings (SSSR count). The number of benzene rings is 3. The largest absolute Gasteiger partial charge is 0.492 e. The van der Waals surface area contributed by atoms with E-state index in [-0.39, 0.29) is 10.6 Å². The highest BCUT2D eigenvalue weighted by molar-refractivity contribution is 7.99. The first-order valence-corrected chi connectivity index (χ1v) is 13.6. The number of carbonyl (C=O) groups is 1. The maximum absolute atomic E-state index is 13.5. The van der Waals surface area contributed by atoms with Crippen LogP contribution in [0, 0.1) is 0 Å². The molecule has 0 aliphatic carbocycles. The number of thioether (sulfide) groups is 1. The lowest BCUT2D eigenvalue weighted by atomic mass is 10.3. The molecule has 0 radical (unpaired) electrons. The summed E-state index contributed by atoms with van der Waals surface area (Å²) in [5, 5.41) is 3.87. The van der Waals surface area contributed by atoms with E-state index >= 15 is 0 Å². The third-order valence-corrected chi connectivity index (χ3v) is 7.92. The molecule has 0 heterocycles. The number of rotatable bonds is 11. The molecule has 0 saturated heterocycles. The minimum Gasteiger partial charge on any atom is -0.492 e. The molecule has 0 aromatic heterocycles. The van der Waals surface area contributed by atoms with Crippen LogP contribution in [0.4, 0.5) is 5.69 Å². The number of para-hydroxylation sites is 2. The monoisotopic (exact) mass is 538 g/mol. The van der Waals surface area contributed by atoms with E-state index < -0.39 is 22.5 Å². The van der Waals surface area contributed by atoms with Crippen molar-refractivity contribution in [3.8, 4) is 5.75 Å². The van der Waals surface area contributed by atoms with Crippen molar-refractivity contribution < 1.29 is 17.9 Å². The predicted molar refractivity (Wildman–Crippen MR) is 139 cm³/mol. The van der Waals surface area contributed by atoms with Crippen molar-refractivity contribution >= 4 is 56.6 Å². The van der Waals surface area contributed by atoms with Crippen LogP contribution >= 0.6 is 35.0 Å². The van der Waals surface area contributed by atoms with E-state index in [2.05, 4.69) is 5.32 Å². The Labute approximate surface area is 214 Å². The van der Waals surface area contributed by atoms with Crippen molar-refractivity contribution in [2.75, 3.05) is 29.8 Å². The second kappa shape index (κ2) is 12.4. The Balaban J connectivity index is 1.76. The van der Waals surface area contributed by atoms with E-state index in [0.29, 0.717) is 34.7 Å². The summed E-state index contributed by atoms with van der Waals surface area (Å²) >= 11 is 13.4. The molecule has 0 fully saturated rings. The lowest BCUT2D eigenvalue weighted by molar-refractivity contribution is -0.119. The Morgan fingerprint density at radius 2 is 1.59 bits per heavy atom. The van der Waals surface area contributed by atoms with E-state index in [1.54, 1.807) is 55.1 Å². The lowest BCUT2D eigenvalue weighted by Gasteiger charge is -2.26. The van der Waals surface area contributed by atoms with Gasteiger partial charge in [0.2, 0.25) is 5.91 Å². The number of carbonyl (C=O) groups excluding carboxylic acids is 1. The molecule has 0 atom stereocenters. The zero-order valence-corrected chi connectivity index (χ0v) is 21.6. The van der Waals surface area contributed by atoms with Gasteiger partial charge in [-0.3, -0.25) is 9.10 Å². The van der Waals surface area contributed by atoms with Crippen LogP contribution in [0.25, 0.3) is 0 Å². The van der Waals surface area contributed by atoms with Crippen molar-refractivity contribution in [2.24, 2.45) is 0 Å². The van der Waals surface area contributed by atoms with Crippen LogP contribution in [0.5, 0.6) is 5.75 Å². The molecule has 1 amide bonds. The third-order valence-electron chi connectivity index (χ3n) is 4.63. The van der Waals surface area contributed by atoms with Gasteiger partial charge < -0.3 is 10.1 Å². The Hall–Kier alpha value is -2.39. The minimum atomic E-state index is -4.07. The third kappa shape index (κ3) is 7.06. The summed E-state index contributed by atoms with van der Waals surface area (Å²) in [7, 11) is -4.07. The number of sulfonamides is 1. The van der Waals surface area contributed by atoms with Gasteiger partial charge in [-0.05, 0) is 67.6 Å². The number of anilines is 1. The first-order chi connectivity index (χ1) is 16.3. The molecule has 0 aliphatic rings. The molecule has 180 valence electrons. The van der Waals surface area contributed by atoms with Gasteiger partial charge in [0.05, 0.1) is 17.2 Å². The van der Waals surface area contributed by atoms with Crippen LogP contribution in [0.1, 0.15) is 6.92 Å². The van der Waals surface area contributed by atoms with Crippen LogP contribution in [0.15, 0.2) is 82.6 Å². The van der Waals surface area contributed by atoms with Crippen molar-refractivity contribution in [3.05, 3.63) is 82.8 Å². The Bertz CT molecular complexity index is 1200. The Morgan fingerprint density at radius 3 is 2.24 bits per heavy atom. The number of hydrogen-bond acceptors (Lipinski definition) is 5. The zero-order chi connectivity index (χ0) is 24.6. The highest BCUT2D eigenvalue weighted by atomic mass is 35.5. The number of nitrogens with one attached hydrogen (secondary N) is 1. The highest BCUT2D eigenvalue weighted by Crippen LogP contribution is 2.32. The second-order valence-corrected chi connectivity index (χ2v) is 10.9. The molecule has 34 heavy (non-hydrogen) atoms. The first-order valence-electron chi connectivity index (χ1n) is 10.5. The number of ether oxygens (including phenoxy) is 1. The predicted octanol–water partition coefficient (Wildman–Crippen LogP) is 5.50. The minimum absolute atomic E-state index is 0.0225. The second-order valence-electron chi connectivity index (χ2n) is 7.02. The average Bonchev–Trinajstić information content (AvgIpc) is 2.82. The van der Waals surface area contributed by atoms with Gasteiger partial charge in [-0.1, -0.05) is 35.3 Å². The van der Waals surface area contributed by atoms with Crippen molar-refractivity contribution in [1.82, 2.24) is 5.32 Å². The van der Waals surface area contributed by atoms with Gasteiger partial charge in [-0.25, -0.2) is 8.42 Å². The van der Waals surface area contributed by atoms with E-state index in [4.69, 9.17) is 27.9 Å². The summed E-state index contributed by atoms with van der Waals surface area (Å²) in [6.45, 7) is 2.12. The van der Waals surface area contributed by atoms with Gasteiger partial charge in [0.1, 0.15) is 12.3 Å². The molecular weight excluding hydrogens is 515 g/mol. The number of halogens is 2. The van der Waals surface area contributed by atoms with Gasteiger partial charge in [0, 0.05) is 27.2 Å². The summed E-state index contributed by atoms with van der Waals surface area (Å²) in [4.78, 5) is 13.8. The van der Waals surface area contributed by atoms with E-state index in [9.17, 15) is 13.2 Å². The van der Waals surface area contributed by atoms with Crippen LogP contribution < -0.4 is 14.4 Å². The fraction of sp³-hybridized carbons (Fsp3) is 0.208. The quantitative estimate of drug-likeness (QED) is 0.258. The molecule has 0 saturated carbocycles. The topological polar surface area (TPSA) is 75.7 Å². The molecule has 1 N–H and O–H groups in total. The normalized spacial score (nSPS) is 11.1. The molecule has 10 heteroatoms. The SMILES string of the molecule is CCOc1ccccc1N(CC(=O)NCCSc1ccc(Cl)cc1)S(=O)(=O)c1ccc(Cl)cc1. The van der Waals surface area contributed by atoms with Gasteiger partial charge in [-0.2, -0.15) is 0 Å². The molecule has 0 unspecified atom stereocenters. The standard InChI is InChI=1S/C24H24Cl2N2O4S2/c1-2-32-23-6-4-3-5-22(23)28(34(30,31)21-13-9-19(26)10-14-21)17-24(29)27-15-16-33-20-11-7-18(25)8-12-20/h3-14H,2,15-17H2,1H3,(H,27,29). The van der Waals surface area contributed by atoms with Crippen molar-refractivity contribution in [3.63, 3.8) is 0 Å². The average molecular weight is 540 g/mol. The van der Waals surface area contributed by atoms with Crippen LogP contribution in [-0.2, 0) is 14.8 Å². The number of nitrogens with zero attached hydrogens (tertiary/aromatic N) is 1. The summed E-state index contributed by atoms with van der Waals surface area (Å²) in [6, 6.07) is 20.0. The summed E-state index contributed by atoms with van der Waals surface area (Å²) in [5.74, 6) is 0.557. The van der Waals surface area contributed by atoms with Crippen molar-refractivity contribution in [1.29, 1.82) is 0 Å². The van der Waals surface area contributed by atoms with Gasteiger partial charge in [0.25, 0.3) is 10.0 Å². The van der Waals surface area contributed by atoms with E-state index in [0.717, 1.165) is 9.20 Å². The maximum Gasteiger partial charge on any atom is 0.264 e. The van der Waals surface area contributed by atoms with E-state index in [1.165, 1.54) is 24.3 Å². The highest BCUT2D eigenvalue weighted by Gasteiger charge is 2.29. The van der Waals surface area contributed by atoms with E-state index in [1.807, 2.05) is 12.1 Å². The molecule has 0 bridgehead atoms. The van der Waals surface area contributed by atoms with Crippen molar-refractivity contribution in [2.45, 2.75) is 16.7 Å². The molecule has 0 aliphatic heterocycles. The van der Waals surface area contributed by atoms with Gasteiger partial charge >= 0.3 is 0 Å². The Morgan fingerprint density at radius 1 is 0.971 bits per heavy atom. The van der Waals surface area contributed by atoms with Gasteiger partial charge in [0.15, 0.2) is 0 Å². The zero-order valence-electron chi connectivity index (χ0n) is 18.4. The summed E-state index contributed by atoms with van der Waals surface area (Å²) in [6.07, 6.45) is 0. The first kappa shape index (κ1) is 26.2. The summed E-state index contributed by atoms with van der Waals surface area (Å²) in [5.41, 5.74) is 0.282. The maximum atomic E-state index is 13.5. The summed E-state index contributed by atoms with van der Waals surface area (Å²) < 4.78 is 33.7. The fourth-order valence-electron chi connectivity index (χ4n) is 3.05. The number of amides is 1. The number of hydrogen-bond donors (Lipinski definition) is 1. The molecule has 6 nitrogen and oxygen atoms in total. The molecular formula is C24H24Cl2N2O4S2. The fourth-order valence-corrected chi connectivity index (χ4v) is 5.50. The molecule has 3 aromatic carbocycles. The van der Waals surface area contributed by atoms with Crippen LogP contribution in [0.3, 0.4) is 0 Å². The van der Waals surface area contributed by atoms with Crippen LogP contribution in [0.2, 0.25) is 10.0 Å². The molecule has 0 spiro atoms. The Kier molecular flexibility index (Phi) is 9.53. The lowest BCUT2D eigenvalue weighted by Crippen LogP contribution is -2.41. The van der Waals surface area contributed by atoms with Crippen LogP contribution in [-0.4, -0.2) is 39.8 Å². The van der Waals surface area contributed by atoms with Gasteiger partial charge in [-0.15, -0.1) is 11.8 Å². The smallest absolute Gasteiger partial charge is 0.264 e.